The predicted octanol–water partition coefficient (Wildman–Crippen LogP) is 2.60. The van der Waals surface area contributed by atoms with E-state index in [1.165, 1.54) is 25.7 Å². The first-order valence-corrected chi connectivity index (χ1v) is 7.87. The Morgan fingerprint density at radius 3 is 2.75 bits per heavy atom. The zero-order valence-electron chi connectivity index (χ0n) is 12.9. The standard InChI is InChI=1S/C16H27N3O/c1-15(2,3)20-14-11-13(16(14)5-4-6-16)18-8-10-19-9-7-17-12-19/h7,9,12-14,18H,4-6,8,10-11H2,1-3H3. The second-order valence-corrected chi connectivity index (χ2v) is 7.35. The number of nitrogens with one attached hydrogen (secondary N) is 1. The predicted molar refractivity (Wildman–Crippen MR) is 79.5 cm³/mol. The quantitative estimate of drug-likeness (QED) is 0.899. The maximum absolute atomic E-state index is 6.26. The van der Waals surface area contributed by atoms with Crippen molar-refractivity contribution < 1.29 is 4.74 Å². The molecule has 2 aliphatic carbocycles. The van der Waals surface area contributed by atoms with Crippen molar-refractivity contribution in [2.75, 3.05) is 6.54 Å². The van der Waals surface area contributed by atoms with E-state index in [1.807, 2.05) is 18.7 Å². The van der Waals surface area contributed by atoms with Gasteiger partial charge in [0.05, 0.1) is 18.0 Å². The molecule has 2 aliphatic rings. The molecule has 2 atom stereocenters. The van der Waals surface area contributed by atoms with E-state index in [4.69, 9.17) is 4.74 Å². The molecule has 4 nitrogen and oxygen atoms in total. The Labute approximate surface area is 121 Å². The van der Waals surface area contributed by atoms with Crippen LogP contribution in [0.5, 0.6) is 0 Å². The molecule has 1 N–H and O–H groups in total. The third-order valence-electron chi connectivity index (χ3n) is 4.89. The lowest BCUT2D eigenvalue weighted by Crippen LogP contribution is -2.68. The number of hydrogen-bond donors (Lipinski definition) is 1. The SMILES string of the molecule is CC(C)(C)OC1CC(NCCn2ccnc2)C12CCC2. The van der Waals surface area contributed by atoms with Gasteiger partial charge in [-0.25, -0.2) is 4.98 Å². The molecule has 1 aromatic heterocycles. The van der Waals surface area contributed by atoms with E-state index < -0.39 is 0 Å². The van der Waals surface area contributed by atoms with Crippen molar-refractivity contribution >= 4 is 0 Å². The summed E-state index contributed by atoms with van der Waals surface area (Å²) in [5, 5.41) is 3.74. The molecule has 112 valence electrons. The average Bonchev–Trinajstić information content (AvgIpc) is 2.75. The van der Waals surface area contributed by atoms with Gasteiger partial charge >= 0.3 is 0 Å². The van der Waals surface area contributed by atoms with E-state index in [1.54, 1.807) is 0 Å². The highest BCUT2D eigenvalue weighted by atomic mass is 16.5. The Hall–Kier alpha value is -0.870. The number of nitrogens with zero attached hydrogens (tertiary/aromatic N) is 2. The molecule has 1 aromatic rings. The molecule has 0 amide bonds. The van der Waals surface area contributed by atoms with Crippen molar-refractivity contribution in [3.05, 3.63) is 18.7 Å². The minimum absolute atomic E-state index is 0.0188. The smallest absolute Gasteiger partial charge is 0.0946 e. The van der Waals surface area contributed by atoms with E-state index in [-0.39, 0.29) is 5.60 Å². The van der Waals surface area contributed by atoms with Crippen molar-refractivity contribution in [2.45, 2.75) is 70.7 Å². The van der Waals surface area contributed by atoms with Gasteiger partial charge in [-0.1, -0.05) is 6.42 Å². The van der Waals surface area contributed by atoms with Crippen molar-refractivity contribution in [2.24, 2.45) is 5.41 Å². The summed E-state index contributed by atoms with van der Waals surface area (Å²) in [5.74, 6) is 0. The Morgan fingerprint density at radius 2 is 2.20 bits per heavy atom. The summed E-state index contributed by atoms with van der Waals surface area (Å²) < 4.78 is 8.39. The first-order chi connectivity index (χ1) is 9.50. The number of ether oxygens (including phenoxy) is 1. The van der Waals surface area contributed by atoms with Gasteiger partial charge < -0.3 is 14.6 Å². The molecule has 1 spiro atoms. The van der Waals surface area contributed by atoms with Crippen LogP contribution in [-0.4, -0.2) is 33.8 Å². The summed E-state index contributed by atoms with van der Waals surface area (Å²) in [4.78, 5) is 4.08. The third kappa shape index (κ3) is 2.63. The first-order valence-electron chi connectivity index (χ1n) is 7.87. The lowest BCUT2D eigenvalue weighted by atomic mass is 9.51. The van der Waals surface area contributed by atoms with E-state index in [2.05, 4.69) is 35.6 Å². The zero-order chi connectivity index (χ0) is 14.2. The summed E-state index contributed by atoms with van der Waals surface area (Å²) in [7, 11) is 0. The fraction of sp³-hybridized carbons (Fsp3) is 0.812. The Kier molecular flexibility index (Phi) is 3.63. The van der Waals surface area contributed by atoms with Gasteiger partial charge in [0, 0.05) is 36.9 Å². The molecule has 0 bridgehead atoms. The molecule has 2 saturated carbocycles. The van der Waals surface area contributed by atoms with Crippen molar-refractivity contribution in [3.63, 3.8) is 0 Å². The van der Waals surface area contributed by atoms with Gasteiger partial charge in [0.25, 0.3) is 0 Å². The summed E-state index contributed by atoms with van der Waals surface area (Å²) in [6.07, 6.45) is 11.4. The largest absolute Gasteiger partial charge is 0.372 e. The molecule has 0 aromatic carbocycles. The van der Waals surface area contributed by atoms with Crippen LogP contribution in [0.25, 0.3) is 0 Å². The van der Waals surface area contributed by atoms with Gasteiger partial charge in [0.2, 0.25) is 0 Å². The van der Waals surface area contributed by atoms with E-state index in [0.29, 0.717) is 17.6 Å². The van der Waals surface area contributed by atoms with Gasteiger partial charge in [-0.3, -0.25) is 0 Å². The Morgan fingerprint density at radius 1 is 1.40 bits per heavy atom. The minimum Gasteiger partial charge on any atom is -0.372 e. The van der Waals surface area contributed by atoms with Gasteiger partial charge in [-0.05, 0) is 40.0 Å². The molecular formula is C16H27N3O. The molecule has 0 saturated heterocycles. The summed E-state index contributed by atoms with van der Waals surface area (Å²) >= 11 is 0. The van der Waals surface area contributed by atoms with Gasteiger partial charge in [0.1, 0.15) is 0 Å². The molecule has 0 radical (unpaired) electrons. The van der Waals surface area contributed by atoms with Crippen molar-refractivity contribution in [3.8, 4) is 0 Å². The van der Waals surface area contributed by atoms with Gasteiger partial charge in [-0.2, -0.15) is 0 Å². The fourth-order valence-electron chi connectivity index (χ4n) is 3.67. The maximum atomic E-state index is 6.26. The molecule has 2 unspecified atom stereocenters. The maximum Gasteiger partial charge on any atom is 0.0946 e. The van der Waals surface area contributed by atoms with Crippen LogP contribution < -0.4 is 5.32 Å². The normalized spacial score (nSPS) is 28.1. The highest BCUT2D eigenvalue weighted by Crippen LogP contribution is 2.57. The number of rotatable bonds is 5. The molecule has 1 heterocycles. The lowest BCUT2D eigenvalue weighted by Gasteiger charge is -2.62. The number of aromatic nitrogens is 2. The second-order valence-electron chi connectivity index (χ2n) is 7.35. The van der Waals surface area contributed by atoms with Crippen LogP contribution in [0, 0.1) is 5.41 Å². The minimum atomic E-state index is -0.0188. The Bertz CT molecular complexity index is 431. The van der Waals surface area contributed by atoms with Crippen molar-refractivity contribution in [1.82, 2.24) is 14.9 Å². The molecule has 2 fully saturated rings. The second kappa shape index (κ2) is 5.15. The fourth-order valence-corrected chi connectivity index (χ4v) is 3.67. The van der Waals surface area contributed by atoms with Gasteiger partial charge in [-0.15, -0.1) is 0 Å². The first kappa shape index (κ1) is 14.1. The monoisotopic (exact) mass is 277 g/mol. The van der Waals surface area contributed by atoms with Gasteiger partial charge in [0.15, 0.2) is 0 Å². The van der Waals surface area contributed by atoms with Crippen LogP contribution in [-0.2, 0) is 11.3 Å². The molecule has 20 heavy (non-hydrogen) atoms. The average molecular weight is 277 g/mol. The Balaban J connectivity index is 1.49. The van der Waals surface area contributed by atoms with Crippen LogP contribution in [0.3, 0.4) is 0 Å². The summed E-state index contributed by atoms with van der Waals surface area (Å²) in [5.41, 5.74) is 0.414. The molecule has 0 aliphatic heterocycles. The third-order valence-corrected chi connectivity index (χ3v) is 4.89. The summed E-state index contributed by atoms with van der Waals surface area (Å²) in [6.45, 7) is 8.51. The zero-order valence-corrected chi connectivity index (χ0v) is 12.9. The van der Waals surface area contributed by atoms with Crippen LogP contribution in [0.15, 0.2) is 18.7 Å². The topological polar surface area (TPSA) is 39.1 Å². The molecule has 4 heteroatoms. The molecular weight excluding hydrogens is 250 g/mol. The number of imidazole rings is 1. The number of hydrogen-bond acceptors (Lipinski definition) is 3. The molecule has 3 rings (SSSR count). The van der Waals surface area contributed by atoms with Crippen LogP contribution >= 0.6 is 0 Å². The van der Waals surface area contributed by atoms with E-state index in [9.17, 15) is 0 Å². The highest BCUT2D eigenvalue weighted by Gasteiger charge is 2.59. The van der Waals surface area contributed by atoms with E-state index >= 15 is 0 Å². The highest BCUT2D eigenvalue weighted by molar-refractivity contribution is 5.12. The summed E-state index contributed by atoms with van der Waals surface area (Å²) in [6, 6.07) is 0.645. The lowest BCUT2D eigenvalue weighted by molar-refractivity contribution is -0.214. The van der Waals surface area contributed by atoms with Crippen LogP contribution in [0.2, 0.25) is 0 Å². The van der Waals surface area contributed by atoms with Crippen LogP contribution in [0.1, 0.15) is 46.5 Å². The van der Waals surface area contributed by atoms with Crippen molar-refractivity contribution in [1.29, 1.82) is 0 Å². The van der Waals surface area contributed by atoms with Crippen LogP contribution in [0.4, 0.5) is 0 Å². The van der Waals surface area contributed by atoms with E-state index in [0.717, 1.165) is 13.1 Å².